The third-order valence-electron chi connectivity index (χ3n) is 4.90. The number of hydrogen-bond donors (Lipinski definition) is 1. The Bertz CT molecular complexity index is 1120. The van der Waals surface area contributed by atoms with Crippen LogP contribution in [0.15, 0.2) is 42.0 Å². The van der Waals surface area contributed by atoms with Gasteiger partial charge in [0.1, 0.15) is 11.4 Å². The Balaban J connectivity index is 1.65. The van der Waals surface area contributed by atoms with E-state index >= 15 is 0 Å². The fourth-order valence-electron chi connectivity index (χ4n) is 3.36. The number of carbonyl (C=O) groups is 3. The lowest BCUT2D eigenvalue weighted by Crippen LogP contribution is -2.54. The molecule has 2 aromatic carbocycles. The summed E-state index contributed by atoms with van der Waals surface area (Å²) in [6.45, 7) is 2.16. The van der Waals surface area contributed by atoms with E-state index in [1.54, 1.807) is 12.1 Å². The fraction of sp³-hybridized carbons (Fsp3) is 0.190. The van der Waals surface area contributed by atoms with Crippen molar-refractivity contribution in [3.05, 3.63) is 63.4 Å². The van der Waals surface area contributed by atoms with Crippen LogP contribution in [0.3, 0.4) is 0 Å². The summed E-state index contributed by atoms with van der Waals surface area (Å²) in [5, 5.41) is 2.50. The van der Waals surface area contributed by atoms with Crippen LogP contribution in [-0.2, 0) is 14.3 Å². The molecule has 10 heteroatoms. The molecule has 2 aromatic rings. The van der Waals surface area contributed by atoms with Crippen molar-refractivity contribution in [3.63, 3.8) is 0 Å². The minimum Gasteiger partial charge on any atom is -0.378 e. The number of amides is 4. The first kappa shape index (κ1) is 21.3. The Labute approximate surface area is 187 Å². The first-order chi connectivity index (χ1) is 14.8. The molecule has 160 valence electrons. The highest BCUT2D eigenvalue weighted by atomic mass is 35.5. The summed E-state index contributed by atoms with van der Waals surface area (Å²) in [6, 6.07) is 7.69. The molecule has 0 radical (unpaired) electrons. The molecular weight excluding hydrogens is 448 g/mol. The van der Waals surface area contributed by atoms with Crippen LogP contribution in [0.5, 0.6) is 0 Å². The van der Waals surface area contributed by atoms with Gasteiger partial charge in [-0.2, -0.15) is 0 Å². The molecular formula is C21H16Cl2FN3O4. The molecule has 0 unspecified atom stereocenters. The Morgan fingerprint density at radius 3 is 2.42 bits per heavy atom. The molecule has 0 aromatic heterocycles. The van der Waals surface area contributed by atoms with Crippen LogP contribution < -0.4 is 15.1 Å². The minimum atomic E-state index is -0.917. The van der Waals surface area contributed by atoms with Crippen LogP contribution in [-0.4, -0.2) is 44.1 Å². The Kier molecular flexibility index (Phi) is 5.95. The molecule has 0 saturated carbocycles. The summed E-state index contributed by atoms with van der Waals surface area (Å²) in [4.78, 5) is 40.1. The fourth-order valence-corrected chi connectivity index (χ4v) is 3.65. The quantitative estimate of drug-likeness (QED) is 0.555. The lowest BCUT2D eigenvalue weighted by atomic mass is 10.1. The third-order valence-corrected chi connectivity index (χ3v) is 5.64. The zero-order valence-corrected chi connectivity index (χ0v) is 17.5. The van der Waals surface area contributed by atoms with Crippen LogP contribution in [0.4, 0.5) is 20.6 Å². The van der Waals surface area contributed by atoms with E-state index in [1.165, 1.54) is 30.3 Å². The largest absolute Gasteiger partial charge is 0.378 e. The zero-order chi connectivity index (χ0) is 22.1. The predicted molar refractivity (Wildman–Crippen MR) is 115 cm³/mol. The van der Waals surface area contributed by atoms with Crippen LogP contribution in [0.1, 0.15) is 5.56 Å². The monoisotopic (exact) mass is 463 g/mol. The topological polar surface area (TPSA) is 79.0 Å². The molecule has 2 saturated heterocycles. The zero-order valence-electron chi connectivity index (χ0n) is 16.0. The van der Waals surface area contributed by atoms with Gasteiger partial charge < -0.3 is 9.64 Å². The van der Waals surface area contributed by atoms with Gasteiger partial charge in [-0.05, 0) is 42.0 Å². The van der Waals surface area contributed by atoms with Gasteiger partial charge in [0.15, 0.2) is 0 Å². The van der Waals surface area contributed by atoms with Crippen LogP contribution in [0.2, 0.25) is 10.0 Å². The van der Waals surface area contributed by atoms with Gasteiger partial charge in [-0.15, -0.1) is 0 Å². The second kappa shape index (κ2) is 8.66. The summed E-state index contributed by atoms with van der Waals surface area (Å²) in [5.41, 5.74) is 0.544. The summed E-state index contributed by atoms with van der Waals surface area (Å²) < 4.78 is 20.0. The number of nitrogens with one attached hydrogen (secondary N) is 1. The first-order valence-corrected chi connectivity index (χ1v) is 10.1. The van der Waals surface area contributed by atoms with Gasteiger partial charge in [-0.3, -0.25) is 14.9 Å². The van der Waals surface area contributed by atoms with E-state index in [1.807, 2.05) is 4.90 Å². The second-order valence-electron chi connectivity index (χ2n) is 6.87. The van der Waals surface area contributed by atoms with E-state index in [0.717, 1.165) is 4.90 Å². The van der Waals surface area contributed by atoms with Crippen molar-refractivity contribution in [3.8, 4) is 0 Å². The van der Waals surface area contributed by atoms with Gasteiger partial charge in [0.05, 0.1) is 34.6 Å². The predicted octanol–water partition coefficient (Wildman–Crippen LogP) is 3.64. The molecule has 4 rings (SSSR count). The van der Waals surface area contributed by atoms with Crippen LogP contribution in [0.25, 0.3) is 6.08 Å². The van der Waals surface area contributed by atoms with Crippen molar-refractivity contribution in [2.24, 2.45) is 0 Å². The Morgan fingerprint density at radius 2 is 1.74 bits per heavy atom. The number of hydrogen-bond acceptors (Lipinski definition) is 5. The highest BCUT2D eigenvalue weighted by Gasteiger charge is 2.37. The molecule has 31 heavy (non-hydrogen) atoms. The molecule has 2 aliphatic heterocycles. The maximum absolute atomic E-state index is 14.7. The van der Waals surface area contributed by atoms with E-state index in [4.69, 9.17) is 27.9 Å². The molecule has 2 aliphatic rings. The number of halogens is 3. The maximum Gasteiger partial charge on any atom is 0.335 e. The highest BCUT2D eigenvalue weighted by molar-refractivity contribution is 6.43. The van der Waals surface area contributed by atoms with Crippen molar-refractivity contribution in [1.82, 2.24) is 5.32 Å². The van der Waals surface area contributed by atoms with E-state index < -0.39 is 23.7 Å². The summed E-state index contributed by atoms with van der Waals surface area (Å²) in [7, 11) is 0. The van der Waals surface area contributed by atoms with Gasteiger partial charge in [0.2, 0.25) is 0 Å². The van der Waals surface area contributed by atoms with E-state index in [-0.39, 0.29) is 21.3 Å². The number of urea groups is 1. The van der Waals surface area contributed by atoms with Gasteiger partial charge >= 0.3 is 6.03 Å². The van der Waals surface area contributed by atoms with Gasteiger partial charge in [0.25, 0.3) is 11.8 Å². The number of carbonyl (C=O) groups excluding carboxylic acids is 3. The number of nitrogens with zero attached hydrogens (tertiary/aromatic N) is 2. The van der Waals surface area contributed by atoms with Crippen LogP contribution >= 0.6 is 23.2 Å². The molecule has 0 aliphatic carbocycles. The molecule has 7 nitrogen and oxygen atoms in total. The highest BCUT2D eigenvalue weighted by Crippen LogP contribution is 2.30. The molecule has 4 amide bonds. The average molecular weight is 464 g/mol. The first-order valence-electron chi connectivity index (χ1n) is 9.34. The SMILES string of the molecule is O=C1NC(=O)N(c2ccc(Cl)c(Cl)c2)C(=O)/C1=C/c1ccc(N2CCOCC2)c(F)c1. The number of benzene rings is 2. The minimum absolute atomic E-state index is 0.142. The van der Waals surface area contributed by atoms with Gasteiger partial charge in [0, 0.05) is 13.1 Å². The smallest absolute Gasteiger partial charge is 0.335 e. The van der Waals surface area contributed by atoms with E-state index in [9.17, 15) is 18.8 Å². The van der Waals surface area contributed by atoms with Crippen molar-refractivity contribution in [2.45, 2.75) is 0 Å². The number of imide groups is 2. The lowest BCUT2D eigenvalue weighted by Gasteiger charge is -2.29. The molecule has 1 N–H and O–H groups in total. The Morgan fingerprint density at radius 1 is 1.00 bits per heavy atom. The number of morpholine rings is 1. The molecule has 0 atom stereocenters. The molecule has 2 heterocycles. The van der Waals surface area contributed by atoms with Crippen molar-refractivity contribution in [1.29, 1.82) is 0 Å². The number of barbiturate groups is 1. The van der Waals surface area contributed by atoms with Gasteiger partial charge in [-0.1, -0.05) is 29.3 Å². The van der Waals surface area contributed by atoms with Crippen molar-refractivity contribution >= 4 is 58.5 Å². The maximum atomic E-state index is 14.7. The summed E-state index contributed by atoms with van der Waals surface area (Å²) in [5.74, 6) is -2.22. The number of ether oxygens (including phenoxy) is 1. The average Bonchev–Trinajstić information content (AvgIpc) is 2.74. The second-order valence-corrected chi connectivity index (χ2v) is 7.68. The van der Waals surface area contributed by atoms with Crippen molar-refractivity contribution < 1.29 is 23.5 Å². The standard InChI is InChI=1S/C21H16Cl2FN3O4/c22-15-3-2-13(11-16(15)23)27-20(29)14(19(28)25-21(27)30)9-12-1-4-18(17(24)10-12)26-5-7-31-8-6-26/h1-4,9-11H,5-8H2,(H,25,28,30)/b14-9+. The number of rotatable bonds is 3. The lowest BCUT2D eigenvalue weighted by molar-refractivity contribution is -0.122. The van der Waals surface area contributed by atoms with Gasteiger partial charge in [-0.25, -0.2) is 14.1 Å². The molecule has 2 fully saturated rings. The van der Waals surface area contributed by atoms with Crippen LogP contribution in [0, 0.1) is 5.82 Å². The third kappa shape index (κ3) is 4.27. The van der Waals surface area contributed by atoms with E-state index in [2.05, 4.69) is 5.32 Å². The normalized spacial score (nSPS) is 18.5. The van der Waals surface area contributed by atoms with E-state index in [0.29, 0.717) is 37.6 Å². The number of anilines is 2. The summed E-state index contributed by atoms with van der Waals surface area (Å²) in [6.07, 6.45) is 1.24. The molecule has 0 spiro atoms. The Hall–Kier alpha value is -2.94. The summed E-state index contributed by atoms with van der Waals surface area (Å²) >= 11 is 11.9. The van der Waals surface area contributed by atoms with Crippen molar-refractivity contribution in [2.75, 3.05) is 36.1 Å². The molecule has 0 bridgehead atoms.